The molecule has 0 saturated heterocycles. The Kier molecular flexibility index (Phi) is 7.57. The lowest BCUT2D eigenvalue weighted by atomic mass is 10.1. The number of halogens is 1. The van der Waals surface area contributed by atoms with E-state index >= 15 is 0 Å². The number of aromatic nitrogens is 1. The van der Waals surface area contributed by atoms with Gasteiger partial charge in [0, 0.05) is 18.5 Å². The average Bonchev–Trinajstić information content (AvgIpc) is 3.19. The molecule has 3 rings (SSSR count). The molecule has 4 nitrogen and oxygen atoms in total. The van der Waals surface area contributed by atoms with Crippen molar-refractivity contribution in [3.63, 3.8) is 0 Å². The maximum Gasteiger partial charge on any atom is 0.252 e. The molecular weight excluding hydrogens is 366 g/mol. The minimum Gasteiger partial charge on any atom is -0.351 e. The van der Waals surface area contributed by atoms with Gasteiger partial charge in [-0.2, -0.15) is 0 Å². The summed E-state index contributed by atoms with van der Waals surface area (Å²) in [6.07, 6.45) is 0. The molecule has 138 valence electrons. The van der Waals surface area contributed by atoms with Crippen LogP contribution in [0.25, 0.3) is 21.5 Å². The summed E-state index contributed by atoms with van der Waals surface area (Å²) in [4.78, 5) is 20.9. The van der Waals surface area contributed by atoms with Crippen molar-refractivity contribution in [2.45, 2.75) is 13.8 Å². The van der Waals surface area contributed by atoms with Gasteiger partial charge >= 0.3 is 0 Å². The van der Waals surface area contributed by atoms with E-state index in [1.54, 1.807) is 11.3 Å². The lowest BCUT2D eigenvalue weighted by Gasteiger charge is -2.18. The van der Waals surface area contributed by atoms with Crippen molar-refractivity contribution in [2.75, 3.05) is 26.2 Å². The number of hydrogen-bond donors (Lipinski definition) is 1. The predicted molar refractivity (Wildman–Crippen MR) is 112 cm³/mol. The fourth-order valence-electron chi connectivity index (χ4n) is 2.88. The molecule has 0 radical (unpaired) electrons. The Morgan fingerprint density at radius 1 is 1.15 bits per heavy atom. The minimum absolute atomic E-state index is 0. The number of rotatable bonds is 7. The molecule has 1 N–H and O–H groups in total. The highest BCUT2D eigenvalue weighted by molar-refractivity contribution is 7.13. The van der Waals surface area contributed by atoms with Crippen molar-refractivity contribution in [3.05, 3.63) is 53.4 Å². The molecule has 1 aromatic carbocycles. The number of likely N-dealkylation sites (N-methyl/N-ethyl adjacent to an activating group) is 1. The van der Waals surface area contributed by atoms with Crippen molar-refractivity contribution in [1.29, 1.82) is 0 Å². The Morgan fingerprint density at radius 3 is 2.62 bits per heavy atom. The number of nitrogens with zero attached hydrogens (tertiary/aromatic N) is 2. The number of para-hydroxylation sites is 1. The van der Waals surface area contributed by atoms with Crippen LogP contribution >= 0.6 is 23.7 Å². The monoisotopic (exact) mass is 389 g/mol. The van der Waals surface area contributed by atoms with Crippen LogP contribution in [0.4, 0.5) is 0 Å². The number of nitrogens with one attached hydrogen (secondary N) is 1. The van der Waals surface area contributed by atoms with E-state index in [0.29, 0.717) is 12.1 Å². The van der Waals surface area contributed by atoms with E-state index in [2.05, 4.69) is 24.1 Å². The summed E-state index contributed by atoms with van der Waals surface area (Å²) in [5.41, 5.74) is 2.39. The van der Waals surface area contributed by atoms with Crippen LogP contribution in [-0.2, 0) is 0 Å². The van der Waals surface area contributed by atoms with E-state index in [-0.39, 0.29) is 18.3 Å². The zero-order chi connectivity index (χ0) is 17.6. The van der Waals surface area contributed by atoms with Gasteiger partial charge in [0.1, 0.15) is 0 Å². The summed E-state index contributed by atoms with van der Waals surface area (Å²) in [5, 5.41) is 5.97. The van der Waals surface area contributed by atoms with Gasteiger partial charge in [-0.15, -0.1) is 23.7 Å². The van der Waals surface area contributed by atoms with Gasteiger partial charge in [-0.3, -0.25) is 4.79 Å². The van der Waals surface area contributed by atoms with E-state index in [9.17, 15) is 4.79 Å². The molecule has 0 aliphatic carbocycles. The molecule has 26 heavy (non-hydrogen) atoms. The zero-order valence-electron chi connectivity index (χ0n) is 15.1. The highest BCUT2D eigenvalue weighted by Crippen LogP contribution is 2.27. The topological polar surface area (TPSA) is 45.2 Å². The minimum atomic E-state index is -0.0384. The Morgan fingerprint density at radius 2 is 1.92 bits per heavy atom. The van der Waals surface area contributed by atoms with Crippen molar-refractivity contribution < 1.29 is 4.79 Å². The summed E-state index contributed by atoms with van der Waals surface area (Å²) >= 11 is 1.63. The quantitative estimate of drug-likeness (QED) is 0.649. The molecular formula is C20H24ClN3OS. The van der Waals surface area contributed by atoms with Gasteiger partial charge in [-0.05, 0) is 36.7 Å². The number of amides is 1. The average molecular weight is 390 g/mol. The Labute approximate surface area is 164 Å². The first-order chi connectivity index (χ1) is 12.2. The highest BCUT2D eigenvalue weighted by atomic mass is 35.5. The molecule has 0 atom stereocenters. The first-order valence-corrected chi connectivity index (χ1v) is 9.55. The van der Waals surface area contributed by atoms with Gasteiger partial charge in [-0.25, -0.2) is 4.98 Å². The number of benzene rings is 1. The number of carbonyl (C=O) groups is 1. The summed E-state index contributed by atoms with van der Waals surface area (Å²) in [7, 11) is 0. The zero-order valence-corrected chi connectivity index (χ0v) is 16.7. The van der Waals surface area contributed by atoms with Crippen molar-refractivity contribution >= 4 is 40.6 Å². The number of carbonyl (C=O) groups excluding carboxylic acids is 1. The van der Waals surface area contributed by atoms with Crippen molar-refractivity contribution in [2.24, 2.45) is 0 Å². The van der Waals surface area contributed by atoms with E-state index in [1.165, 1.54) is 0 Å². The molecule has 0 saturated carbocycles. The largest absolute Gasteiger partial charge is 0.351 e. The smallest absolute Gasteiger partial charge is 0.252 e. The molecule has 0 fully saturated rings. The molecule has 0 unspecified atom stereocenters. The molecule has 2 aromatic heterocycles. The molecule has 2 heterocycles. The van der Waals surface area contributed by atoms with Crippen molar-refractivity contribution in [1.82, 2.24) is 15.2 Å². The van der Waals surface area contributed by atoms with Gasteiger partial charge < -0.3 is 10.2 Å². The van der Waals surface area contributed by atoms with E-state index in [0.717, 1.165) is 41.1 Å². The van der Waals surface area contributed by atoms with E-state index in [4.69, 9.17) is 4.98 Å². The Bertz CT molecular complexity index is 847. The van der Waals surface area contributed by atoms with Crippen LogP contribution in [0.3, 0.4) is 0 Å². The van der Waals surface area contributed by atoms with Crippen LogP contribution in [0.15, 0.2) is 47.8 Å². The molecule has 0 spiro atoms. The second kappa shape index (κ2) is 9.67. The van der Waals surface area contributed by atoms with Crippen LogP contribution in [0.5, 0.6) is 0 Å². The lowest BCUT2D eigenvalue weighted by molar-refractivity contribution is 0.0950. The number of hydrogen-bond acceptors (Lipinski definition) is 4. The fourth-order valence-corrected chi connectivity index (χ4v) is 3.56. The second-order valence-electron chi connectivity index (χ2n) is 5.83. The third-order valence-corrected chi connectivity index (χ3v) is 5.23. The summed E-state index contributed by atoms with van der Waals surface area (Å²) < 4.78 is 0. The Hall–Kier alpha value is -1.95. The molecule has 0 bridgehead atoms. The van der Waals surface area contributed by atoms with Gasteiger partial charge in [0.25, 0.3) is 5.91 Å². The highest BCUT2D eigenvalue weighted by Gasteiger charge is 2.14. The molecule has 6 heteroatoms. The summed E-state index contributed by atoms with van der Waals surface area (Å²) in [6.45, 7) is 7.76. The SMILES string of the molecule is CCN(CC)CCNC(=O)c1cc(-c2cccs2)nc2ccccc12.Cl. The van der Waals surface area contributed by atoms with Gasteiger partial charge in [0.05, 0.1) is 21.7 Å². The lowest BCUT2D eigenvalue weighted by Crippen LogP contribution is -2.34. The van der Waals surface area contributed by atoms with E-state index < -0.39 is 0 Å². The van der Waals surface area contributed by atoms with Gasteiger partial charge in [0.15, 0.2) is 0 Å². The second-order valence-corrected chi connectivity index (χ2v) is 6.78. The Balaban J connectivity index is 0.00000243. The van der Waals surface area contributed by atoms with Crippen LogP contribution in [-0.4, -0.2) is 42.0 Å². The number of fused-ring (bicyclic) bond motifs is 1. The van der Waals surface area contributed by atoms with Crippen LogP contribution in [0.1, 0.15) is 24.2 Å². The number of thiophene rings is 1. The normalized spacial score (nSPS) is 10.7. The van der Waals surface area contributed by atoms with Gasteiger partial charge in [0.2, 0.25) is 0 Å². The maximum atomic E-state index is 12.8. The first kappa shape index (κ1) is 20.4. The van der Waals surface area contributed by atoms with Gasteiger partial charge in [-0.1, -0.05) is 38.1 Å². The molecule has 0 aliphatic rings. The van der Waals surface area contributed by atoms with E-state index in [1.807, 2.05) is 47.8 Å². The summed E-state index contributed by atoms with van der Waals surface area (Å²) in [6, 6.07) is 13.8. The third-order valence-electron chi connectivity index (χ3n) is 4.34. The number of pyridine rings is 1. The predicted octanol–water partition coefficient (Wildman–Crippen LogP) is 4.46. The maximum absolute atomic E-state index is 12.8. The van der Waals surface area contributed by atoms with Crippen LogP contribution in [0, 0.1) is 0 Å². The molecule has 3 aromatic rings. The fraction of sp³-hybridized carbons (Fsp3) is 0.300. The third kappa shape index (κ3) is 4.61. The summed E-state index contributed by atoms with van der Waals surface area (Å²) in [5.74, 6) is -0.0384. The van der Waals surface area contributed by atoms with Crippen molar-refractivity contribution in [3.8, 4) is 10.6 Å². The first-order valence-electron chi connectivity index (χ1n) is 8.67. The standard InChI is InChI=1S/C20H23N3OS.ClH/c1-3-23(4-2)12-11-21-20(24)16-14-18(19-10-7-13-25-19)22-17-9-6-5-8-15(16)17;/h5-10,13-14H,3-4,11-12H2,1-2H3,(H,21,24);1H. The van der Waals surface area contributed by atoms with Crippen LogP contribution in [0.2, 0.25) is 0 Å². The molecule has 0 aliphatic heterocycles. The van der Waals surface area contributed by atoms with Crippen LogP contribution < -0.4 is 5.32 Å². The molecule has 1 amide bonds.